The molecule has 0 saturated carbocycles. The largest absolute Gasteiger partial charge is 0.399 e. The summed E-state index contributed by atoms with van der Waals surface area (Å²) in [7, 11) is 0. The number of aromatic nitrogens is 1. The van der Waals surface area contributed by atoms with Crippen LogP contribution < -0.4 is 10.6 Å². The van der Waals surface area contributed by atoms with E-state index in [-0.39, 0.29) is 18.3 Å². The van der Waals surface area contributed by atoms with Crippen LogP contribution in [-0.4, -0.2) is 41.5 Å². The van der Waals surface area contributed by atoms with E-state index in [1.54, 1.807) is 12.3 Å². The zero-order valence-corrected chi connectivity index (χ0v) is 10.3. The van der Waals surface area contributed by atoms with Crippen molar-refractivity contribution in [1.29, 1.82) is 0 Å². The van der Waals surface area contributed by atoms with Crippen LogP contribution in [0.5, 0.6) is 0 Å². The van der Waals surface area contributed by atoms with E-state index >= 15 is 0 Å². The summed E-state index contributed by atoms with van der Waals surface area (Å²) in [5, 5.41) is 9.25. The maximum absolute atomic E-state index is 9.25. The van der Waals surface area contributed by atoms with Gasteiger partial charge in [0.05, 0.1) is 18.3 Å². The fourth-order valence-electron chi connectivity index (χ4n) is 2.17. The zero-order valence-electron chi connectivity index (χ0n) is 10.3. The SMILES string of the molecule is CC1(C)CN(c2cc(N)ccn2)CC(CO)O1. The third kappa shape index (κ3) is 2.87. The summed E-state index contributed by atoms with van der Waals surface area (Å²) in [4.78, 5) is 6.40. The Morgan fingerprint density at radius 2 is 2.41 bits per heavy atom. The Morgan fingerprint density at radius 3 is 3.06 bits per heavy atom. The lowest BCUT2D eigenvalue weighted by Gasteiger charge is -2.42. The van der Waals surface area contributed by atoms with Gasteiger partial charge in [0.15, 0.2) is 0 Å². The van der Waals surface area contributed by atoms with Gasteiger partial charge in [-0.2, -0.15) is 0 Å². The lowest BCUT2D eigenvalue weighted by Crippen LogP contribution is -2.54. The molecular weight excluding hydrogens is 218 g/mol. The summed E-state index contributed by atoms with van der Waals surface area (Å²) in [6.45, 7) is 5.40. The highest BCUT2D eigenvalue weighted by molar-refractivity contribution is 5.50. The molecule has 94 valence electrons. The van der Waals surface area contributed by atoms with Crippen molar-refractivity contribution in [2.24, 2.45) is 0 Å². The van der Waals surface area contributed by atoms with Crippen LogP contribution in [0, 0.1) is 0 Å². The van der Waals surface area contributed by atoms with Crippen LogP contribution in [0.2, 0.25) is 0 Å². The highest BCUT2D eigenvalue weighted by Gasteiger charge is 2.33. The Morgan fingerprint density at radius 1 is 1.65 bits per heavy atom. The maximum atomic E-state index is 9.25. The maximum Gasteiger partial charge on any atom is 0.130 e. The summed E-state index contributed by atoms with van der Waals surface area (Å²) in [5.74, 6) is 0.833. The lowest BCUT2D eigenvalue weighted by molar-refractivity contribution is -0.101. The van der Waals surface area contributed by atoms with E-state index in [0.29, 0.717) is 12.2 Å². The lowest BCUT2D eigenvalue weighted by atomic mass is 10.1. The third-order valence-corrected chi connectivity index (χ3v) is 2.78. The highest BCUT2D eigenvalue weighted by atomic mass is 16.5. The molecule has 1 unspecified atom stereocenters. The predicted octanol–water partition coefficient (Wildman–Crippen LogP) is 0.640. The minimum Gasteiger partial charge on any atom is -0.399 e. The van der Waals surface area contributed by atoms with Crippen LogP contribution in [0.3, 0.4) is 0 Å². The molecule has 1 saturated heterocycles. The molecule has 2 heterocycles. The minimum atomic E-state index is -0.294. The van der Waals surface area contributed by atoms with E-state index < -0.39 is 0 Å². The number of nitrogen functional groups attached to an aromatic ring is 1. The molecule has 1 aromatic rings. The van der Waals surface area contributed by atoms with Gasteiger partial charge in [0.2, 0.25) is 0 Å². The second kappa shape index (κ2) is 4.50. The molecule has 3 N–H and O–H groups in total. The standard InChI is InChI=1S/C12H19N3O2/c1-12(2)8-15(6-10(7-16)17-12)11-5-9(13)3-4-14-11/h3-5,10,16H,6-8H2,1-2H3,(H2,13,14). The van der Waals surface area contributed by atoms with E-state index in [9.17, 15) is 5.11 Å². The number of ether oxygens (including phenoxy) is 1. The monoisotopic (exact) mass is 237 g/mol. The molecule has 1 aromatic heterocycles. The summed E-state index contributed by atoms with van der Waals surface area (Å²) in [6.07, 6.45) is 1.52. The molecule has 0 amide bonds. The molecule has 0 radical (unpaired) electrons. The summed E-state index contributed by atoms with van der Waals surface area (Å²) in [6, 6.07) is 3.61. The van der Waals surface area contributed by atoms with Crippen LogP contribution in [0.4, 0.5) is 11.5 Å². The average molecular weight is 237 g/mol. The van der Waals surface area contributed by atoms with Crippen molar-refractivity contribution in [2.75, 3.05) is 30.3 Å². The Bertz CT molecular complexity index is 395. The molecular formula is C12H19N3O2. The van der Waals surface area contributed by atoms with Crippen LogP contribution >= 0.6 is 0 Å². The minimum absolute atomic E-state index is 0.0161. The normalized spacial score (nSPS) is 23.7. The van der Waals surface area contributed by atoms with Gasteiger partial charge in [-0.15, -0.1) is 0 Å². The number of aliphatic hydroxyl groups excluding tert-OH is 1. The predicted molar refractivity (Wildman–Crippen MR) is 66.9 cm³/mol. The van der Waals surface area contributed by atoms with E-state index in [2.05, 4.69) is 9.88 Å². The second-order valence-corrected chi connectivity index (χ2v) is 5.01. The van der Waals surface area contributed by atoms with E-state index in [4.69, 9.17) is 10.5 Å². The van der Waals surface area contributed by atoms with Crippen LogP contribution in [0.15, 0.2) is 18.3 Å². The number of nitrogens with zero attached hydrogens (tertiary/aromatic N) is 2. The van der Waals surface area contributed by atoms with Crippen molar-refractivity contribution in [1.82, 2.24) is 4.98 Å². The van der Waals surface area contributed by atoms with E-state index in [1.165, 1.54) is 0 Å². The molecule has 17 heavy (non-hydrogen) atoms. The van der Waals surface area contributed by atoms with Crippen molar-refractivity contribution >= 4 is 11.5 Å². The second-order valence-electron chi connectivity index (χ2n) is 5.01. The van der Waals surface area contributed by atoms with Crippen LogP contribution in [0.25, 0.3) is 0 Å². The van der Waals surface area contributed by atoms with Crippen LogP contribution in [-0.2, 0) is 4.74 Å². The van der Waals surface area contributed by atoms with Gasteiger partial charge in [-0.3, -0.25) is 0 Å². The summed E-state index contributed by atoms with van der Waals surface area (Å²) in [5.41, 5.74) is 6.15. The van der Waals surface area contributed by atoms with Crippen molar-refractivity contribution in [2.45, 2.75) is 25.6 Å². The molecule has 5 heteroatoms. The molecule has 2 rings (SSSR count). The quantitative estimate of drug-likeness (QED) is 0.790. The fraction of sp³-hybridized carbons (Fsp3) is 0.583. The van der Waals surface area contributed by atoms with Gasteiger partial charge >= 0.3 is 0 Å². The van der Waals surface area contributed by atoms with Crippen molar-refractivity contribution in [3.63, 3.8) is 0 Å². The first kappa shape index (κ1) is 12.1. The average Bonchev–Trinajstić information content (AvgIpc) is 2.27. The number of anilines is 2. The first-order valence-electron chi connectivity index (χ1n) is 5.75. The molecule has 0 aliphatic carbocycles. The van der Waals surface area contributed by atoms with Crippen LogP contribution in [0.1, 0.15) is 13.8 Å². The van der Waals surface area contributed by atoms with E-state index in [1.807, 2.05) is 19.9 Å². The third-order valence-electron chi connectivity index (χ3n) is 2.78. The zero-order chi connectivity index (χ0) is 12.5. The first-order chi connectivity index (χ1) is 8.00. The number of pyridine rings is 1. The van der Waals surface area contributed by atoms with Gasteiger partial charge in [0.1, 0.15) is 5.82 Å². The van der Waals surface area contributed by atoms with Gasteiger partial charge in [0.25, 0.3) is 0 Å². The fourth-order valence-corrected chi connectivity index (χ4v) is 2.17. The van der Waals surface area contributed by atoms with Gasteiger partial charge in [0, 0.05) is 31.0 Å². The molecule has 1 aliphatic rings. The van der Waals surface area contributed by atoms with Gasteiger partial charge in [-0.1, -0.05) is 0 Å². The smallest absolute Gasteiger partial charge is 0.130 e. The molecule has 1 fully saturated rings. The molecule has 0 bridgehead atoms. The molecule has 5 nitrogen and oxygen atoms in total. The Balaban J connectivity index is 2.20. The topological polar surface area (TPSA) is 71.6 Å². The van der Waals surface area contributed by atoms with Gasteiger partial charge in [-0.05, 0) is 19.9 Å². The van der Waals surface area contributed by atoms with Gasteiger partial charge in [-0.25, -0.2) is 4.98 Å². The molecule has 0 aromatic carbocycles. The number of aliphatic hydroxyl groups is 1. The number of nitrogens with two attached hydrogens (primary N) is 1. The Kier molecular flexibility index (Phi) is 3.22. The Labute approximate surface area is 101 Å². The highest BCUT2D eigenvalue weighted by Crippen LogP contribution is 2.25. The number of hydrogen-bond acceptors (Lipinski definition) is 5. The van der Waals surface area contributed by atoms with Gasteiger partial charge < -0.3 is 20.5 Å². The van der Waals surface area contributed by atoms with Crippen molar-refractivity contribution in [3.05, 3.63) is 18.3 Å². The summed E-state index contributed by atoms with van der Waals surface area (Å²) >= 11 is 0. The molecule has 1 atom stereocenters. The molecule has 0 spiro atoms. The number of rotatable bonds is 2. The molecule has 1 aliphatic heterocycles. The Hall–Kier alpha value is -1.33. The van der Waals surface area contributed by atoms with Crippen molar-refractivity contribution < 1.29 is 9.84 Å². The van der Waals surface area contributed by atoms with Crippen molar-refractivity contribution in [3.8, 4) is 0 Å². The van der Waals surface area contributed by atoms with E-state index in [0.717, 1.165) is 12.4 Å². The first-order valence-corrected chi connectivity index (χ1v) is 5.75. The number of morpholine rings is 1. The summed E-state index contributed by atoms with van der Waals surface area (Å²) < 4.78 is 5.75. The number of hydrogen-bond donors (Lipinski definition) is 2.